The standard InChI is InChI=1S/C23H29N3O2/c27-23(18-28-22-10-9-19-5-4-6-20(19)17-22)24-11-12-25-13-15-26(16-14-25)21-7-2-1-3-8-21/h1-3,7-10,17H,4-6,11-16,18H2,(H,24,27). The Labute approximate surface area is 167 Å². The highest BCUT2D eigenvalue weighted by molar-refractivity contribution is 5.77. The van der Waals surface area contributed by atoms with Crippen molar-refractivity contribution < 1.29 is 9.53 Å². The van der Waals surface area contributed by atoms with E-state index in [4.69, 9.17) is 4.74 Å². The van der Waals surface area contributed by atoms with Gasteiger partial charge in [-0.15, -0.1) is 0 Å². The molecule has 2 aromatic carbocycles. The third kappa shape index (κ3) is 4.84. The molecule has 5 nitrogen and oxygen atoms in total. The Hall–Kier alpha value is -2.53. The minimum Gasteiger partial charge on any atom is -0.484 e. The number of benzene rings is 2. The van der Waals surface area contributed by atoms with E-state index in [0.29, 0.717) is 6.54 Å². The van der Waals surface area contributed by atoms with Crippen molar-refractivity contribution in [2.45, 2.75) is 19.3 Å². The van der Waals surface area contributed by atoms with Gasteiger partial charge >= 0.3 is 0 Å². The molecule has 0 spiro atoms. The van der Waals surface area contributed by atoms with E-state index in [-0.39, 0.29) is 12.5 Å². The van der Waals surface area contributed by atoms with Crippen LogP contribution in [0.4, 0.5) is 5.69 Å². The molecule has 1 saturated heterocycles. The molecule has 1 aliphatic heterocycles. The van der Waals surface area contributed by atoms with Crippen LogP contribution in [0.15, 0.2) is 48.5 Å². The fourth-order valence-electron chi connectivity index (χ4n) is 4.06. The Morgan fingerprint density at radius 3 is 2.57 bits per heavy atom. The highest BCUT2D eigenvalue weighted by Crippen LogP contribution is 2.25. The molecule has 1 aliphatic carbocycles. The summed E-state index contributed by atoms with van der Waals surface area (Å²) in [7, 11) is 0. The molecular formula is C23H29N3O2. The first kappa shape index (κ1) is 18.8. The highest BCUT2D eigenvalue weighted by atomic mass is 16.5. The van der Waals surface area contributed by atoms with Crippen molar-refractivity contribution in [3.05, 3.63) is 59.7 Å². The largest absolute Gasteiger partial charge is 0.484 e. The molecule has 5 heteroatoms. The molecule has 0 radical (unpaired) electrons. The molecule has 0 unspecified atom stereocenters. The molecule has 2 aliphatic rings. The monoisotopic (exact) mass is 379 g/mol. The zero-order chi connectivity index (χ0) is 19.2. The molecule has 0 aromatic heterocycles. The predicted octanol–water partition coefficient (Wildman–Crippen LogP) is 2.49. The van der Waals surface area contributed by atoms with Gasteiger partial charge in [-0.3, -0.25) is 9.69 Å². The third-order valence-electron chi connectivity index (χ3n) is 5.68. The van der Waals surface area contributed by atoms with Crippen molar-refractivity contribution in [1.29, 1.82) is 0 Å². The Morgan fingerprint density at radius 2 is 1.75 bits per heavy atom. The number of rotatable bonds is 7. The van der Waals surface area contributed by atoms with E-state index in [9.17, 15) is 4.79 Å². The molecule has 4 rings (SSSR count). The first-order chi connectivity index (χ1) is 13.8. The van der Waals surface area contributed by atoms with Crippen molar-refractivity contribution in [3.63, 3.8) is 0 Å². The summed E-state index contributed by atoms with van der Waals surface area (Å²) in [5, 5.41) is 2.98. The SMILES string of the molecule is O=C(COc1ccc2c(c1)CCC2)NCCN1CCN(c2ccccc2)CC1. The summed E-state index contributed by atoms with van der Waals surface area (Å²) in [5.41, 5.74) is 4.08. The van der Waals surface area contributed by atoms with Gasteiger partial charge in [0.15, 0.2) is 6.61 Å². The predicted molar refractivity (Wildman–Crippen MR) is 112 cm³/mol. The van der Waals surface area contributed by atoms with Crippen LogP contribution in [0.5, 0.6) is 5.75 Å². The number of aryl methyl sites for hydroxylation is 2. The second-order valence-corrected chi connectivity index (χ2v) is 7.59. The Balaban J connectivity index is 1.12. The van der Waals surface area contributed by atoms with Gasteiger partial charge in [-0.1, -0.05) is 24.3 Å². The molecule has 1 N–H and O–H groups in total. The molecule has 0 bridgehead atoms. The fraction of sp³-hybridized carbons (Fsp3) is 0.435. The topological polar surface area (TPSA) is 44.8 Å². The quantitative estimate of drug-likeness (QED) is 0.803. The maximum atomic E-state index is 12.1. The zero-order valence-electron chi connectivity index (χ0n) is 16.4. The molecule has 28 heavy (non-hydrogen) atoms. The number of nitrogens with zero attached hydrogens (tertiary/aromatic N) is 2. The van der Waals surface area contributed by atoms with Crippen LogP contribution < -0.4 is 15.0 Å². The van der Waals surface area contributed by atoms with Crippen LogP contribution in [0, 0.1) is 0 Å². The summed E-state index contributed by atoms with van der Waals surface area (Å²) in [6, 6.07) is 16.7. The maximum absolute atomic E-state index is 12.1. The van der Waals surface area contributed by atoms with Crippen LogP contribution in [-0.4, -0.2) is 56.7 Å². The Bertz CT molecular complexity index is 786. The molecule has 0 atom stereocenters. The third-order valence-corrected chi connectivity index (χ3v) is 5.68. The zero-order valence-corrected chi connectivity index (χ0v) is 16.4. The molecule has 0 saturated carbocycles. The second kappa shape index (κ2) is 9.11. The first-order valence-corrected chi connectivity index (χ1v) is 10.3. The van der Waals surface area contributed by atoms with Crippen LogP contribution in [0.25, 0.3) is 0 Å². The molecule has 148 valence electrons. The number of hydrogen-bond acceptors (Lipinski definition) is 4. The lowest BCUT2D eigenvalue weighted by Crippen LogP contribution is -2.48. The van der Waals surface area contributed by atoms with E-state index in [1.165, 1.54) is 23.2 Å². The number of anilines is 1. The van der Waals surface area contributed by atoms with Gasteiger partial charge in [0.2, 0.25) is 0 Å². The van der Waals surface area contributed by atoms with Crippen molar-refractivity contribution in [1.82, 2.24) is 10.2 Å². The lowest BCUT2D eigenvalue weighted by Gasteiger charge is -2.36. The van der Waals surface area contributed by atoms with Crippen molar-refractivity contribution in [3.8, 4) is 5.75 Å². The van der Waals surface area contributed by atoms with E-state index in [1.54, 1.807) is 0 Å². The van der Waals surface area contributed by atoms with Crippen molar-refractivity contribution >= 4 is 11.6 Å². The fourth-order valence-corrected chi connectivity index (χ4v) is 4.06. The van der Waals surface area contributed by atoms with Crippen LogP contribution in [0.3, 0.4) is 0 Å². The number of hydrogen-bond donors (Lipinski definition) is 1. The van der Waals surface area contributed by atoms with E-state index in [0.717, 1.165) is 51.3 Å². The Kier molecular flexibility index (Phi) is 6.12. The van der Waals surface area contributed by atoms with Crippen molar-refractivity contribution in [2.24, 2.45) is 0 Å². The number of piperazine rings is 1. The summed E-state index contributed by atoms with van der Waals surface area (Å²) < 4.78 is 5.67. The molecule has 1 fully saturated rings. The lowest BCUT2D eigenvalue weighted by molar-refractivity contribution is -0.123. The van der Waals surface area contributed by atoms with Gasteiger partial charge < -0.3 is 15.0 Å². The summed E-state index contributed by atoms with van der Waals surface area (Å²) in [6.45, 7) is 5.73. The van der Waals surface area contributed by atoms with E-state index in [1.807, 2.05) is 6.07 Å². The second-order valence-electron chi connectivity index (χ2n) is 7.59. The van der Waals surface area contributed by atoms with Gasteiger partial charge in [0.1, 0.15) is 5.75 Å². The number of fused-ring (bicyclic) bond motifs is 1. The number of amides is 1. The minimum absolute atomic E-state index is 0.0524. The number of carbonyl (C=O) groups excluding carboxylic acids is 1. The average Bonchev–Trinajstić information content (AvgIpc) is 3.21. The maximum Gasteiger partial charge on any atom is 0.257 e. The lowest BCUT2D eigenvalue weighted by atomic mass is 10.1. The van der Waals surface area contributed by atoms with E-state index >= 15 is 0 Å². The summed E-state index contributed by atoms with van der Waals surface area (Å²) >= 11 is 0. The van der Waals surface area contributed by atoms with Gasteiger partial charge in [0.25, 0.3) is 5.91 Å². The summed E-state index contributed by atoms with van der Waals surface area (Å²) in [5.74, 6) is 0.747. The van der Waals surface area contributed by atoms with Crippen LogP contribution in [-0.2, 0) is 17.6 Å². The highest BCUT2D eigenvalue weighted by Gasteiger charge is 2.17. The number of carbonyl (C=O) groups is 1. The normalized spacial score (nSPS) is 16.6. The molecule has 1 heterocycles. The number of para-hydroxylation sites is 1. The average molecular weight is 380 g/mol. The first-order valence-electron chi connectivity index (χ1n) is 10.3. The van der Waals surface area contributed by atoms with Crippen LogP contribution >= 0.6 is 0 Å². The number of ether oxygens (including phenoxy) is 1. The van der Waals surface area contributed by atoms with E-state index in [2.05, 4.69) is 57.6 Å². The molecule has 1 amide bonds. The van der Waals surface area contributed by atoms with Gasteiger partial charge in [0, 0.05) is 45.0 Å². The molecular weight excluding hydrogens is 350 g/mol. The number of nitrogens with one attached hydrogen (secondary N) is 1. The Morgan fingerprint density at radius 1 is 0.964 bits per heavy atom. The van der Waals surface area contributed by atoms with E-state index < -0.39 is 0 Å². The van der Waals surface area contributed by atoms with Gasteiger partial charge in [-0.05, 0) is 54.7 Å². The minimum atomic E-state index is -0.0524. The smallest absolute Gasteiger partial charge is 0.257 e. The summed E-state index contributed by atoms with van der Waals surface area (Å²) in [4.78, 5) is 16.9. The molecule has 2 aromatic rings. The van der Waals surface area contributed by atoms with Gasteiger partial charge in [-0.25, -0.2) is 0 Å². The van der Waals surface area contributed by atoms with Crippen LogP contribution in [0.1, 0.15) is 17.5 Å². The van der Waals surface area contributed by atoms with Gasteiger partial charge in [-0.2, -0.15) is 0 Å². The van der Waals surface area contributed by atoms with Gasteiger partial charge in [0.05, 0.1) is 0 Å². The van der Waals surface area contributed by atoms with Crippen molar-refractivity contribution in [2.75, 3.05) is 50.8 Å². The summed E-state index contributed by atoms with van der Waals surface area (Å²) in [6.07, 6.45) is 3.50. The van der Waals surface area contributed by atoms with Crippen LogP contribution in [0.2, 0.25) is 0 Å².